The Labute approximate surface area is 226 Å². The fraction of sp³-hybridized carbons (Fsp3) is 0.462. The normalized spacial score (nSPS) is 14.2. The molecule has 35 heavy (non-hydrogen) atoms. The molecule has 0 amide bonds. The predicted octanol–water partition coefficient (Wildman–Crippen LogP) is 3.87. The Bertz CT molecular complexity index is 984. The average molecular weight is 619 g/mol. The van der Waals surface area contributed by atoms with E-state index in [9.17, 15) is 15.3 Å². The van der Waals surface area contributed by atoms with Crippen molar-refractivity contribution in [1.29, 1.82) is 0 Å². The molecule has 9 heteroatoms. The van der Waals surface area contributed by atoms with Gasteiger partial charge < -0.3 is 29.8 Å². The van der Waals surface area contributed by atoms with Gasteiger partial charge in [-0.25, -0.2) is 5.84 Å². The number of aryl methyl sites for hydroxylation is 1. The van der Waals surface area contributed by atoms with Crippen LogP contribution in [0.1, 0.15) is 37.5 Å². The molecule has 0 aliphatic rings. The van der Waals surface area contributed by atoms with Gasteiger partial charge in [-0.1, -0.05) is 38.1 Å². The summed E-state index contributed by atoms with van der Waals surface area (Å²) >= 11 is 7.68. The zero-order chi connectivity index (χ0) is 26.2. The molecule has 0 heterocycles. The molecule has 0 bridgehead atoms. The highest BCUT2D eigenvalue weighted by molar-refractivity contribution is 14.1. The van der Waals surface area contributed by atoms with Gasteiger partial charge in [0.25, 0.3) is 0 Å². The van der Waals surface area contributed by atoms with Crippen molar-refractivity contribution in [3.8, 4) is 11.5 Å². The molecule has 0 aromatic heterocycles. The van der Waals surface area contributed by atoms with Crippen molar-refractivity contribution in [1.82, 2.24) is 5.01 Å². The lowest BCUT2D eigenvalue weighted by Gasteiger charge is -2.27. The number of hydrazine groups is 1. The van der Waals surface area contributed by atoms with Crippen molar-refractivity contribution in [3.63, 3.8) is 0 Å². The van der Waals surface area contributed by atoms with E-state index >= 15 is 0 Å². The van der Waals surface area contributed by atoms with Gasteiger partial charge in [-0.15, -0.1) is 11.6 Å². The second kappa shape index (κ2) is 13.7. The van der Waals surface area contributed by atoms with Crippen molar-refractivity contribution >= 4 is 34.2 Å². The number of hydrogen-bond donors (Lipinski definition) is 4. The maximum Gasteiger partial charge on any atom is 0.122 e. The Hall–Kier alpha value is -1.56. The number of hydrogen-bond acceptors (Lipinski definition) is 7. The number of halogens is 2. The third kappa shape index (κ3) is 8.51. The van der Waals surface area contributed by atoms with Gasteiger partial charge in [0, 0.05) is 5.41 Å². The summed E-state index contributed by atoms with van der Waals surface area (Å²) in [4.78, 5) is 0. The van der Waals surface area contributed by atoms with Gasteiger partial charge in [-0.2, -0.15) is 0 Å². The standard InChI is InChI=1S/C26H36ClIN2O5/c1-17-11-20(7-10-24(17)35-15-21(32)12-27)26(3,4)19-5-8-23(9-6-19)34-16-22(33)13-30(29)25(28)18(2)14-31/h5-11,21-22,31-33H,12-16,29H2,1-4H3/b25-18+/t21-,22+/m0/s1. The fourth-order valence-electron chi connectivity index (χ4n) is 3.43. The summed E-state index contributed by atoms with van der Waals surface area (Å²) < 4.78 is 12.1. The number of ether oxygens (including phenoxy) is 2. The number of aliphatic hydroxyl groups excluding tert-OH is 3. The fourth-order valence-corrected chi connectivity index (χ4v) is 3.88. The molecule has 0 radical (unpaired) electrons. The molecule has 0 aliphatic heterocycles. The Balaban J connectivity index is 2.00. The maximum atomic E-state index is 10.3. The van der Waals surface area contributed by atoms with E-state index in [1.807, 2.05) is 65.9 Å². The molecule has 0 fully saturated rings. The average Bonchev–Trinajstić information content (AvgIpc) is 2.85. The molecule has 0 saturated heterocycles. The topological polar surface area (TPSA) is 108 Å². The molecular weight excluding hydrogens is 583 g/mol. The SMILES string of the molecule is C/C(CO)=C(/I)N(N)C[C@@H](O)COc1ccc(C(C)(C)c2ccc(OC[C@@H](O)CCl)c(C)c2)cc1. The van der Waals surface area contributed by atoms with Crippen molar-refractivity contribution in [2.45, 2.75) is 45.3 Å². The minimum absolute atomic E-state index is 0.0859. The van der Waals surface area contributed by atoms with E-state index in [0.29, 0.717) is 9.45 Å². The number of alkyl halides is 1. The van der Waals surface area contributed by atoms with Gasteiger partial charge in [0.15, 0.2) is 0 Å². The smallest absolute Gasteiger partial charge is 0.122 e. The van der Waals surface area contributed by atoms with Gasteiger partial charge in [0.05, 0.1) is 22.7 Å². The third-order valence-electron chi connectivity index (χ3n) is 5.77. The van der Waals surface area contributed by atoms with E-state index in [1.165, 1.54) is 5.01 Å². The molecule has 0 saturated carbocycles. The lowest BCUT2D eigenvalue weighted by molar-refractivity contribution is 0.0810. The highest BCUT2D eigenvalue weighted by atomic mass is 127. The number of nitrogens with zero attached hydrogens (tertiary/aromatic N) is 1. The Morgan fingerprint density at radius 3 is 2.23 bits per heavy atom. The quantitative estimate of drug-likeness (QED) is 0.0888. The number of rotatable bonds is 13. The van der Waals surface area contributed by atoms with Crippen LogP contribution in [0.25, 0.3) is 0 Å². The summed E-state index contributed by atoms with van der Waals surface area (Å²) in [6.07, 6.45) is -1.49. The predicted molar refractivity (Wildman–Crippen MR) is 148 cm³/mol. The number of nitrogens with two attached hydrogens (primary N) is 1. The van der Waals surface area contributed by atoms with Crippen molar-refractivity contribution in [2.75, 3.05) is 32.2 Å². The zero-order valence-electron chi connectivity index (χ0n) is 20.7. The molecule has 2 aromatic carbocycles. The summed E-state index contributed by atoms with van der Waals surface area (Å²) in [6, 6.07) is 13.9. The van der Waals surface area contributed by atoms with Crippen LogP contribution >= 0.6 is 34.2 Å². The molecule has 5 N–H and O–H groups in total. The first-order valence-electron chi connectivity index (χ1n) is 11.4. The number of aliphatic hydroxyl groups is 3. The van der Waals surface area contributed by atoms with Crippen LogP contribution < -0.4 is 15.3 Å². The molecular formula is C26H36ClIN2O5. The van der Waals surface area contributed by atoms with Crippen LogP contribution in [0.4, 0.5) is 0 Å². The largest absolute Gasteiger partial charge is 0.491 e. The van der Waals surface area contributed by atoms with Gasteiger partial charge in [0.1, 0.15) is 36.9 Å². The summed E-state index contributed by atoms with van der Waals surface area (Å²) in [5.41, 5.74) is 3.71. The lowest BCUT2D eigenvalue weighted by Crippen LogP contribution is -2.38. The first-order valence-corrected chi connectivity index (χ1v) is 13.0. The molecule has 0 unspecified atom stereocenters. The zero-order valence-corrected chi connectivity index (χ0v) is 23.6. The van der Waals surface area contributed by atoms with E-state index in [-0.39, 0.29) is 37.7 Å². The van der Waals surface area contributed by atoms with Crippen LogP contribution in [0.5, 0.6) is 11.5 Å². The summed E-state index contributed by atoms with van der Waals surface area (Å²) in [5.74, 6) is 7.47. The van der Waals surface area contributed by atoms with Gasteiger partial charge in [0.2, 0.25) is 0 Å². The monoisotopic (exact) mass is 618 g/mol. The first-order chi connectivity index (χ1) is 16.5. The molecule has 2 atom stereocenters. The summed E-state index contributed by atoms with van der Waals surface area (Å²) in [7, 11) is 0. The van der Waals surface area contributed by atoms with Gasteiger partial charge in [-0.05, 0) is 76.9 Å². The molecule has 0 aliphatic carbocycles. The van der Waals surface area contributed by atoms with E-state index < -0.39 is 12.2 Å². The summed E-state index contributed by atoms with van der Waals surface area (Å²) in [6.45, 7) is 8.42. The molecule has 7 nitrogen and oxygen atoms in total. The second-order valence-electron chi connectivity index (χ2n) is 9.10. The minimum atomic E-state index is -0.790. The van der Waals surface area contributed by atoms with Crippen LogP contribution in [-0.2, 0) is 5.41 Å². The van der Waals surface area contributed by atoms with E-state index in [0.717, 1.165) is 28.0 Å². The van der Waals surface area contributed by atoms with E-state index in [2.05, 4.69) is 19.9 Å². The highest BCUT2D eigenvalue weighted by Crippen LogP contribution is 2.34. The highest BCUT2D eigenvalue weighted by Gasteiger charge is 2.24. The Morgan fingerprint density at radius 2 is 1.66 bits per heavy atom. The molecule has 2 rings (SSSR count). The minimum Gasteiger partial charge on any atom is -0.491 e. The summed E-state index contributed by atoms with van der Waals surface area (Å²) in [5, 5.41) is 30.5. The van der Waals surface area contributed by atoms with Crippen molar-refractivity contribution in [2.24, 2.45) is 5.84 Å². The molecule has 0 spiro atoms. The third-order valence-corrected chi connectivity index (χ3v) is 7.67. The Morgan fingerprint density at radius 1 is 1.06 bits per heavy atom. The second-order valence-corrected chi connectivity index (χ2v) is 10.4. The molecule has 194 valence electrons. The van der Waals surface area contributed by atoms with Gasteiger partial charge in [-0.3, -0.25) is 0 Å². The van der Waals surface area contributed by atoms with Crippen LogP contribution in [0, 0.1) is 6.92 Å². The Kier molecular flexibility index (Phi) is 11.6. The molecule has 2 aromatic rings. The van der Waals surface area contributed by atoms with Crippen LogP contribution in [0.3, 0.4) is 0 Å². The van der Waals surface area contributed by atoms with E-state index in [1.54, 1.807) is 6.92 Å². The van der Waals surface area contributed by atoms with Crippen LogP contribution in [0.2, 0.25) is 0 Å². The van der Waals surface area contributed by atoms with Gasteiger partial charge >= 0.3 is 0 Å². The van der Waals surface area contributed by atoms with Crippen LogP contribution in [-0.4, -0.2) is 64.8 Å². The van der Waals surface area contributed by atoms with Crippen molar-refractivity contribution < 1.29 is 24.8 Å². The lowest BCUT2D eigenvalue weighted by atomic mass is 9.77. The number of benzene rings is 2. The van der Waals surface area contributed by atoms with Crippen LogP contribution in [0.15, 0.2) is 51.7 Å². The maximum absolute atomic E-state index is 10.3. The van der Waals surface area contributed by atoms with E-state index in [4.69, 9.17) is 26.9 Å². The van der Waals surface area contributed by atoms with Crippen molar-refractivity contribution in [3.05, 3.63) is 68.4 Å². The first kappa shape index (κ1) is 29.7.